The number of fused-ring (bicyclic) bond motifs is 1. The quantitative estimate of drug-likeness (QED) is 0.717. The number of carbonyl (C=O) groups is 1. The van der Waals surface area contributed by atoms with Gasteiger partial charge in [0.2, 0.25) is 0 Å². The monoisotopic (exact) mass is 329 g/mol. The maximum Gasteiger partial charge on any atom is 0.279 e. The van der Waals surface area contributed by atoms with Crippen LogP contribution in [-0.2, 0) is 0 Å². The summed E-state index contributed by atoms with van der Waals surface area (Å²) < 4.78 is 1.10. The van der Waals surface area contributed by atoms with Crippen molar-refractivity contribution in [2.24, 2.45) is 0 Å². The van der Waals surface area contributed by atoms with E-state index in [4.69, 9.17) is 0 Å². The molecule has 0 atom stereocenters. The van der Waals surface area contributed by atoms with E-state index in [1.54, 1.807) is 27.6 Å². The molecule has 0 bridgehead atoms. The van der Waals surface area contributed by atoms with Crippen LogP contribution < -0.4 is 4.90 Å². The van der Waals surface area contributed by atoms with Gasteiger partial charge in [-0.05, 0) is 31.9 Å². The van der Waals surface area contributed by atoms with Gasteiger partial charge in [0.1, 0.15) is 5.69 Å². The number of para-hydroxylation sites is 1. The first-order valence-corrected chi connectivity index (χ1v) is 9.08. The molecule has 0 spiro atoms. The Morgan fingerprint density at radius 2 is 2.14 bits per heavy atom. The number of hydrogen-bond acceptors (Lipinski definition) is 5. The van der Waals surface area contributed by atoms with Gasteiger partial charge in [0, 0.05) is 17.8 Å². The zero-order valence-electron chi connectivity index (χ0n) is 12.2. The van der Waals surface area contributed by atoms with Gasteiger partial charge < -0.3 is 0 Å². The fraction of sp³-hybridized carbons (Fsp3) is 0.312. The van der Waals surface area contributed by atoms with Gasteiger partial charge in [-0.2, -0.15) is 0 Å². The summed E-state index contributed by atoms with van der Waals surface area (Å²) in [7, 11) is 0. The Labute approximate surface area is 136 Å². The second-order valence-corrected chi connectivity index (χ2v) is 7.26. The first-order valence-electron chi connectivity index (χ1n) is 7.39. The normalized spacial score (nSPS) is 14.4. The number of aromatic nitrogens is 2. The number of rotatable bonds is 4. The highest BCUT2D eigenvalue weighted by Crippen LogP contribution is 2.41. The number of carbonyl (C=O) groups excluding carboxylic acids is 1. The molecular weight excluding hydrogens is 314 g/mol. The Morgan fingerprint density at radius 3 is 2.86 bits per heavy atom. The van der Waals surface area contributed by atoms with Gasteiger partial charge in [-0.1, -0.05) is 23.5 Å². The van der Waals surface area contributed by atoms with Gasteiger partial charge in [-0.15, -0.1) is 11.3 Å². The van der Waals surface area contributed by atoms with Crippen molar-refractivity contribution < 1.29 is 4.79 Å². The average Bonchev–Trinajstić information content (AvgIpc) is 3.12. The van der Waals surface area contributed by atoms with E-state index in [-0.39, 0.29) is 5.91 Å². The summed E-state index contributed by atoms with van der Waals surface area (Å²) in [6.45, 7) is 2.56. The van der Waals surface area contributed by atoms with Gasteiger partial charge in [0.05, 0.1) is 15.2 Å². The van der Waals surface area contributed by atoms with Crippen molar-refractivity contribution in [1.82, 2.24) is 9.97 Å². The number of thiazole rings is 2. The van der Waals surface area contributed by atoms with Crippen LogP contribution >= 0.6 is 22.7 Å². The number of nitrogens with zero attached hydrogens (tertiary/aromatic N) is 3. The smallest absolute Gasteiger partial charge is 0.279 e. The van der Waals surface area contributed by atoms with Crippen molar-refractivity contribution in [3.63, 3.8) is 0 Å². The van der Waals surface area contributed by atoms with Crippen molar-refractivity contribution in [3.05, 3.63) is 40.3 Å². The molecule has 0 saturated heterocycles. The van der Waals surface area contributed by atoms with Crippen LogP contribution in [0.5, 0.6) is 0 Å². The number of anilines is 1. The van der Waals surface area contributed by atoms with Crippen molar-refractivity contribution in [2.45, 2.75) is 25.7 Å². The second kappa shape index (κ2) is 5.44. The lowest BCUT2D eigenvalue weighted by Gasteiger charge is -2.15. The molecule has 1 amide bonds. The lowest BCUT2D eigenvalue weighted by molar-refractivity contribution is 0.0984. The minimum atomic E-state index is -0.0512. The average molecular weight is 329 g/mol. The molecular formula is C16H15N3OS2. The molecule has 0 radical (unpaired) electrons. The summed E-state index contributed by atoms with van der Waals surface area (Å²) in [5, 5.41) is 3.73. The lowest BCUT2D eigenvalue weighted by Crippen LogP contribution is -2.30. The van der Waals surface area contributed by atoms with E-state index in [9.17, 15) is 4.79 Å². The summed E-state index contributed by atoms with van der Waals surface area (Å²) >= 11 is 3.15. The molecule has 1 aromatic carbocycles. The van der Waals surface area contributed by atoms with Crippen LogP contribution in [0.4, 0.5) is 5.13 Å². The third-order valence-corrected chi connectivity index (χ3v) is 5.81. The predicted molar refractivity (Wildman–Crippen MR) is 91.1 cm³/mol. The fourth-order valence-corrected chi connectivity index (χ4v) is 4.38. The summed E-state index contributed by atoms with van der Waals surface area (Å²) in [5.41, 5.74) is 1.48. The first kappa shape index (κ1) is 13.8. The van der Waals surface area contributed by atoms with E-state index in [2.05, 4.69) is 9.97 Å². The second-order valence-electron chi connectivity index (χ2n) is 5.36. The van der Waals surface area contributed by atoms with Crippen LogP contribution in [0.1, 0.15) is 41.2 Å². The Hall–Kier alpha value is -1.79. The standard InChI is InChI=1S/C16H15N3OS2/c1-2-19(16-18-11-5-3-4-6-13(11)22-16)15(20)12-9-21-14(17-12)10-7-8-10/h3-6,9-10H,2,7-8H2,1H3. The molecule has 1 saturated carbocycles. The molecule has 4 nitrogen and oxygen atoms in total. The molecule has 1 aliphatic rings. The molecule has 0 unspecified atom stereocenters. The molecule has 1 fully saturated rings. The van der Waals surface area contributed by atoms with Crippen LogP contribution in [0.15, 0.2) is 29.6 Å². The molecule has 4 rings (SSSR count). The maximum absolute atomic E-state index is 12.7. The van der Waals surface area contributed by atoms with Crippen LogP contribution in [0.25, 0.3) is 10.2 Å². The molecule has 1 aliphatic carbocycles. The predicted octanol–water partition coefficient (Wildman–Crippen LogP) is 4.30. The third-order valence-electron chi connectivity index (χ3n) is 3.74. The SMILES string of the molecule is CCN(C(=O)c1csc(C2CC2)n1)c1nc2ccccc2s1. The minimum absolute atomic E-state index is 0.0512. The third kappa shape index (κ3) is 2.42. The van der Waals surface area contributed by atoms with E-state index in [1.165, 1.54) is 12.8 Å². The van der Waals surface area contributed by atoms with Crippen LogP contribution in [0.3, 0.4) is 0 Å². The molecule has 3 aromatic rings. The molecule has 0 aliphatic heterocycles. The van der Waals surface area contributed by atoms with E-state index in [0.717, 1.165) is 20.4 Å². The highest BCUT2D eigenvalue weighted by molar-refractivity contribution is 7.22. The van der Waals surface area contributed by atoms with E-state index >= 15 is 0 Å². The van der Waals surface area contributed by atoms with Crippen molar-refractivity contribution in [2.75, 3.05) is 11.4 Å². The molecule has 0 N–H and O–H groups in total. The van der Waals surface area contributed by atoms with Crippen LogP contribution in [-0.4, -0.2) is 22.4 Å². The fourth-order valence-electron chi connectivity index (χ4n) is 2.38. The molecule has 112 valence electrons. The minimum Gasteiger partial charge on any atom is -0.283 e. The Kier molecular flexibility index (Phi) is 3.43. The number of benzene rings is 1. The van der Waals surface area contributed by atoms with Crippen molar-refractivity contribution in [1.29, 1.82) is 0 Å². The largest absolute Gasteiger partial charge is 0.283 e. The topological polar surface area (TPSA) is 46.1 Å². The molecule has 6 heteroatoms. The zero-order valence-corrected chi connectivity index (χ0v) is 13.8. The van der Waals surface area contributed by atoms with Crippen LogP contribution in [0.2, 0.25) is 0 Å². The van der Waals surface area contributed by atoms with Gasteiger partial charge >= 0.3 is 0 Å². The van der Waals surface area contributed by atoms with Gasteiger partial charge in [0.15, 0.2) is 5.13 Å². The number of hydrogen-bond donors (Lipinski definition) is 0. The van der Waals surface area contributed by atoms with Crippen molar-refractivity contribution in [3.8, 4) is 0 Å². The van der Waals surface area contributed by atoms with E-state index in [1.807, 2.05) is 36.6 Å². The molecule has 2 aromatic heterocycles. The van der Waals surface area contributed by atoms with E-state index < -0.39 is 0 Å². The van der Waals surface area contributed by atoms with Crippen LogP contribution in [0, 0.1) is 0 Å². The van der Waals surface area contributed by atoms with E-state index in [0.29, 0.717) is 18.2 Å². The Bertz CT molecular complexity index is 802. The van der Waals surface area contributed by atoms with Crippen molar-refractivity contribution >= 4 is 43.9 Å². The van der Waals surface area contributed by atoms with Gasteiger partial charge in [0.25, 0.3) is 5.91 Å². The zero-order chi connectivity index (χ0) is 15.1. The summed E-state index contributed by atoms with van der Waals surface area (Å²) in [6, 6.07) is 7.96. The first-order chi connectivity index (χ1) is 10.8. The summed E-state index contributed by atoms with van der Waals surface area (Å²) in [5.74, 6) is 0.536. The number of amides is 1. The Balaban J connectivity index is 1.65. The van der Waals surface area contributed by atoms with Gasteiger partial charge in [-0.25, -0.2) is 9.97 Å². The maximum atomic E-state index is 12.7. The highest BCUT2D eigenvalue weighted by Gasteiger charge is 2.29. The molecule has 2 heterocycles. The lowest BCUT2D eigenvalue weighted by atomic mass is 10.3. The summed E-state index contributed by atoms with van der Waals surface area (Å²) in [6.07, 6.45) is 2.41. The molecule has 22 heavy (non-hydrogen) atoms. The highest BCUT2D eigenvalue weighted by atomic mass is 32.1. The Morgan fingerprint density at radius 1 is 1.32 bits per heavy atom. The van der Waals surface area contributed by atoms with Gasteiger partial charge in [-0.3, -0.25) is 9.69 Å². The summed E-state index contributed by atoms with van der Waals surface area (Å²) in [4.78, 5) is 23.6.